The van der Waals surface area contributed by atoms with Gasteiger partial charge in [-0.25, -0.2) is 0 Å². The van der Waals surface area contributed by atoms with Gasteiger partial charge in [0, 0.05) is 42.1 Å². The molecule has 0 aliphatic heterocycles. The number of carbonyl (C=O) groups is 1. The Hall–Kier alpha value is -3.47. The van der Waals surface area contributed by atoms with Gasteiger partial charge in [0.15, 0.2) is 5.78 Å². The maximum absolute atomic E-state index is 13.2. The second kappa shape index (κ2) is 8.11. The van der Waals surface area contributed by atoms with E-state index in [4.69, 9.17) is 0 Å². The van der Waals surface area contributed by atoms with Crippen molar-refractivity contribution in [3.8, 4) is 11.1 Å². The summed E-state index contributed by atoms with van der Waals surface area (Å²) in [5.41, 5.74) is 3.62. The number of Topliss-reactive ketones (excluding diaryl/α,β-unsaturated/α-hetero) is 1. The molecule has 2 N–H and O–H groups in total. The SMILES string of the molecule is CCC(C)(CC(=O)c1cc(-c2ccncc2)c[nH]c1=O)Cc1c[nH]c2ccccc12. The average molecular weight is 399 g/mol. The highest BCUT2D eigenvalue weighted by Crippen LogP contribution is 2.34. The third-order valence-corrected chi connectivity index (χ3v) is 5.95. The second-order valence-electron chi connectivity index (χ2n) is 8.17. The maximum Gasteiger partial charge on any atom is 0.258 e. The summed E-state index contributed by atoms with van der Waals surface area (Å²) in [4.78, 5) is 35.6. The number of hydrogen-bond acceptors (Lipinski definition) is 3. The number of pyridine rings is 2. The minimum Gasteiger partial charge on any atom is -0.361 e. The fourth-order valence-corrected chi connectivity index (χ4v) is 3.93. The molecule has 152 valence electrons. The normalized spacial score (nSPS) is 13.3. The lowest BCUT2D eigenvalue weighted by Crippen LogP contribution is -2.26. The van der Waals surface area contributed by atoms with Gasteiger partial charge < -0.3 is 9.97 Å². The van der Waals surface area contributed by atoms with Crippen LogP contribution in [0.1, 0.15) is 42.6 Å². The summed E-state index contributed by atoms with van der Waals surface area (Å²) >= 11 is 0. The Bertz CT molecular complexity index is 1240. The molecule has 1 atom stereocenters. The van der Waals surface area contributed by atoms with E-state index in [1.54, 1.807) is 24.7 Å². The van der Waals surface area contributed by atoms with Crippen molar-refractivity contribution in [3.05, 3.63) is 88.7 Å². The zero-order chi connectivity index (χ0) is 21.1. The van der Waals surface area contributed by atoms with E-state index in [9.17, 15) is 9.59 Å². The van der Waals surface area contributed by atoms with E-state index < -0.39 is 0 Å². The van der Waals surface area contributed by atoms with Crippen molar-refractivity contribution in [1.82, 2.24) is 15.0 Å². The predicted octanol–water partition coefficient (Wildman–Crippen LogP) is 5.15. The van der Waals surface area contributed by atoms with Crippen LogP contribution in [0.5, 0.6) is 0 Å². The lowest BCUT2D eigenvalue weighted by molar-refractivity contribution is 0.0915. The second-order valence-corrected chi connectivity index (χ2v) is 8.17. The molecule has 0 saturated carbocycles. The quantitative estimate of drug-likeness (QED) is 0.422. The molecule has 0 aliphatic rings. The molecule has 0 amide bonds. The third kappa shape index (κ3) is 3.96. The van der Waals surface area contributed by atoms with Crippen LogP contribution >= 0.6 is 0 Å². The van der Waals surface area contributed by atoms with E-state index >= 15 is 0 Å². The van der Waals surface area contributed by atoms with Gasteiger partial charge in [0.2, 0.25) is 0 Å². The van der Waals surface area contributed by atoms with E-state index in [-0.39, 0.29) is 22.3 Å². The molecule has 0 aliphatic carbocycles. The number of nitrogens with one attached hydrogen (secondary N) is 2. The number of aromatic amines is 2. The Morgan fingerprint density at radius 1 is 1.03 bits per heavy atom. The molecular weight excluding hydrogens is 374 g/mol. The predicted molar refractivity (Wildman–Crippen MR) is 120 cm³/mol. The first-order valence-corrected chi connectivity index (χ1v) is 10.2. The zero-order valence-corrected chi connectivity index (χ0v) is 17.2. The number of para-hydroxylation sites is 1. The molecular formula is C25H25N3O2. The Kier molecular flexibility index (Phi) is 5.36. The fraction of sp³-hybridized carbons (Fsp3) is 0.240. The van der Waals surface area contributed by atoms with Crippen molar-refractivity contribution >= 4 is 16.7 Å². The highest BCUT2D eigenvalue weighted by atomic mass is 16.1. The Balaban J connectivity index is 1.60. The summed E-state index contributed by atoms with van der Waals surface area (Å²) < 4.78 is 0. The zero-order valence-electron chi connectivity index (χ0n) is 17.2. The number of H-pyrrole nitrogens is 2. The first-order valence-electron chi connectivity index (χ1n) is 10.2. The van der Waals surface area contributed by atoms with Gasteiger partial charge in [-0.3, -0.25) is 14.6 Å². The van der Waals surface area contributed by atoms with E-state index in [1.807, 2.05) is 30.5 Å². The first kappa shape index (κ1) is 19.8. The largest absolute Gasteiger partial charge is 0.361 e. The number of benzene rings is 1. The van der Waals surface area contributed by atoms with Crippen LogP contribution in [0.2, 0.25) is 0 Å². The Labute approximate surface area is 175 Å². The summed E-state index contributed by atoms with van der Waals surface area (Å²) in [5.74, 6) is -0.128. The number of carbonyl (C=O) groups excluding carboxylic acids is 1. The average Bonchev–Trinajstić information content (AvgIpc) is 3.17. The molecule has 4 aromatic rings. The fourth-order valence-electron chi connectivity index (χ4n) is 3.93. The highest BCUT2D eigenvalue weighted by Gasteiger charge is 2.28. The minimum atomic E-state index is -0.344. The van der Waals surface area contributed by atoms with Gasteiger partial charge in [0.25, 0.3) is 5.56 Å². The summed E-state index contributed by atoms with van der Waals surface area (Å²) in [6.07, 6.45) is 8.96. The van der Waals surface area contributed by atoms with Gasteiger partial charge in [0.05, 0.1) is 5.56 Å². The number of hydrogen-bond donors (Lipinski definition) is 2. The van der Waals surface area contributed by atoms with Crippen molar-refractivity contribution in [1.29, 1.82) is 0 Å². The van der Waals surface area contributed by atoms with Crippen LogP contribution in [0.3, 0.4) is 0 Å². The van der Waals surface area contributed by atoms with Crippen LogP contribution in [0.25, 0.3) is 22.0 Å². The summed E-state index contributed by atoms with van der Waals surface area (Å²) in [5, 5.41) is 1.18. The van der Waals surface area contributed by atoms with Gasteiger partial charge >= 0.3 is 0 Å². The van der Waals surface area contributed by atoms with E-state index in [0.29, 0.717) is 6.42 Å². The van der Waals surface area contributed by atoms with Gasteiger partial charge in [-0.05, 0) is 59.2 Å². The topological polar surface area (TPSA) is 78.6 Å². The minimum absolute atomic E-state index is 0.128. The number of fused-ring (bicyclic) bond motifs is 1. The molecule has 5 nitrogen and oxygen atoms in total. The van der Waals surface area contributed by atoms with Crippen LogP contribution in [0, 0.1) is 5.41 Å². The lowest BCUT2D eigenvalue weighted by atomic mass is 9.76. The molecule has 0 radical (unpaired) electrons. The van der Waals surface area contributed by atoms with Gasteiger partial charge in [0.1, 0.15) is 0 Å². The number of nitrogens with zero attached hydrogens (tertiary/aromatic N) is 1. The molecule has 3 heterocycles. The van der Waals surface area contributed by atoms with Gasteiger partial charge in [-0.1, -0.05) is 32.0 Å². The number of aromatic nitrogens is 3. The number of ketones is 1. The van der Waals surface area contributed by atoms with Crippen molar-refractivity contribution in [2.24, 2.45) is 5.41 Å². The summed E-state index contributed by atoms with van der Waals surface area (Å²) in [6.45, 7) is 4.22. The van der Waals surface area contributed by atoms with Crippen LogP contribution in [-0.4, -0.2) is 20.7 Å². The summed E-state index contributed by atoms with van der Waals surface area (Å²) in [6, 6.07) is 13.6. The molecule has 0 saturated heterocycles. The lowest BCUT2D eigenvalue weighted by Gasteiger charge is -2.27. The van der Waals surface area contributed by atoms with Crippen LogP contribution < -0.4 is 5.56 Å². The monoisotopic (exact) mass is 399 g/mol. The molecule has 4 rings (SSSR count). The van der Waals surface area contributed by atoms with E-state index in [0.717, 1.165) is 29.5 Å². The third-order valence-electron chi connectivity index (χ3n) is 5.95. The molecule has 5 heteroatoms. The maximum atomic E-state index is 13.2. The van der Waals surface area contributed by atoms with Crippen molar-refractivity contribution < 1.29 is 4.79 Å². The molecule has 3 aromatic heterocycles. The molecule has 0 fully saturated rings. The Morgan fingerprint density at radius 2 is 1.80 bits per heavy atom. The molecule has 1 unspecified atom stereocenters. The molecule has 0 spiro atoms. The molecule has 1 aromatic carbocycles. The van der Waals surface area contributed by atoms with E-state index in [1.165, 1.54) is 10.9 Å². The van der Waals surface area contributed by atoms with Gasteiger partial charge in [-0.15, -0.1) is 0 Å². The first-order chi connectivity index (χ1) is 14.5. The summed E-state index contributed by atoms with van der Waals surface area (Å²) in [7, 11) is 0. The van der Waals surface area contributed by atoms with Crippen molar-refractivity contribution in [2.75, 3.05) is 0 Å². The Morgan fingerprint density at radius 3 is 2.57 bits per heavy atom. The standard InChI is InChI=1S/C25H25N3O2/c1-3-25(2,13-19-16-27-22-7-5-4-6-20(19)22)14-23(29)21-12-18(15-28-24(21)30)17-8-10-26-11-9-17/h4-12,15-16,27H,3,13-14H2,1-2H3,(H,28,30). The molecule has 0 bridgehead atoms. The highest BCUT2D eigenvalue weighted by molar-refractivity contribution is 5.97. The van der Waals surface area contributed by atoms with E-state index in [2.05, 4.69) is 40.9 Å². The van der Waals surface area contributed by atoms with Crippen LogP contribution in [0.4, 0.5) is 0 Å². The van der Waals surface area contributed by atoms with Gasteiger partial charge in [-0.2, -0.15) is 0 Å². The van der Waals surface area contributed by atoms with Crippen molar-refractivity contribution in [3.63, 3.8) is 0 Å². The van der Waals surface area contributed by atoms with Crippen molar-refractivity contribution in [2.45, 2.75) is 33.1 Å². The van der Waals surface area contributed by atoms with Crippen LogP contribution in [-0.2, 0) is 6.42 Å². The van der Waals surface area contributed by atoms with Crippen LogP contribution in [0.15, 0.2) is 72.0 Å². The molecule has 30 heavy (non-hydrogen) atoms. The number of rotatable bonds is 7. The smallest absolute Gasteiger partial charge is 0.258 e.